The van der Waals surface area contributed by atoms with Crippen molar-refractivity contribution in [3.05, 3.63) is 100 Å². The summed E-state index contributed by atoms with van der Waals surface area (Å²) in [6.45, 7) is 5.89. The van der Waals surface area contributed by atoms with E-state index in [1.54, 1.807) is 0 Å². The summed E-state index contributed by atoms with van der Waals surface area (Å²) in [7, 11) is 0. The summed E-state index contributed by atoms with van der Waals surface area (Å²) >= 11 is 3.51. The van der Waals surface area contributed by atoms with Crippen molar-refractivity contribution >= 4 is 32.4 Å². The SMILES string of the molecule is CCOc1cc(CNc2ccc(Br)cc2C)ccc1OCc1cccc2ccccc12. The smallest absolute Gasteiger partial charge is 0.161 e. The Balaban J connectivity index is 1.49. The Morgan fingerprint density at radius 2 is 1.68 bits per heavy atom. The third-order valence-electron chi connectivity index (χ3n) is 5.24. The maximum atomic E-state index is 6.18. The molecule has 158 valence electrons. The lowest BCUT2D eigenvalue weighted by atomic mass is 10.1. The summed E-state index contributed by atoms with van der Waals surface area (Å²) < 4.78 is 13.2. The van der Waals surface area contributed by atoms with E-state index in [-0.39, 0.29) is 0 Å². The monoisotopic (exact) mass is 475 g/mol. The van der Waals surface area contributed by atoms with Crippen LogP contribution < -0.4 is 14.8 Å². The highest BCUT2D eigenvalue weighted by Gasteiger charge is 2.09. The molecule has 0 unspecified atom stereocenters. The lowest BCUT2D eigenvalue weighted by Crippen LogP contribution is -2.04. The molecule has 0 spiro atoms. The van der Waals surface area contributed by atoms with Crippen molar-refractivity contribution in [3.8, 4) is 11.5 Å². The van der Waals surface area contributed by atoms with E-state index in [4.69, 9.17) is 9.47 Å². The second-order valence-corrected chi connectivity index (χ2v) is 8.37. The molecular weight excluding hydrogens is 450 g/mol. The molecule has 0 saturated heterocycles. The molecule has 0 bridgehead atoms. The molecule has 31 heavy (non-hydrogen) atoms. The van der Waals surface area contributed by atoms with Crippen LogP contribution in [0.25, 0.3) is 10.8 Å². The molecular formula is C27H26BrNO2. The molecule has 0 aliphatic rings. The maximum Gasteiger partial charge on any atom is 0.161 e. The lowest BCUT2D eigenvalue weighted by Gasteiger charge is -2.15. The fourth-order valence-corrected chi connectivity index (χ4v) is 4.12. The molecule has 4 aromatic carbocycles. The van der Waals surface area contributed by atoms with Gasteiger partial charge in [0.2, 0.25) is 0 Å². The van der Waals surface area contributed by atoms with E-state index < -0.39 is 0 Å². The first-order valence-corrected chi connectivity index (χ1v) is 11.3. The molecule has 0 aromatic heterocycles. The molecule has 4 aromatic rings. The zero-order valence-electron chi connectivity index (χ0n) is 17.8. The molecule has 0 atom stereocenters. The van der Waals surface area contributed by atoms with Crippen LogP contribution in [0, 0.1) is 6.92 Å². The molecule has 0 aliphatic carbocycles. The number of fused-ring (bicyclic) bond motifs is 1. The summed E-state index contributed by atoms with van der Waals surface area (Å²) in [6, 6.07) is 27.1. The minimum absolute atomic E-state index is 0.497. The fraction of sp³-hybridized carbons (Fsp3) is 0.185. The van der Waals surface area contributed by atoms with Gasteiger partial charge in [0.1, 0.15) is 6.61 Å². The molecule has 0 amide bonds. The largest absolute Gasteiger partial charge is 0.490 e. The van der Waals surface area contributed by atoms with Crippen LogP contribution in [0.4, 0.5) is 5.69 Å². The van der Waals surface area contributed by atoms with E-state index in [2.05, 4.69) is 94.9 Å². The van der Waals surface area contributed by atoms with Crippen LogP contribution in [0.15, 0.2) is 83.3 Å². The highest BCUT2D eigenvalue weighted by Crippen LogP contribution is 2.31. The average Bonchev–Trinajstić information content (AvgIpc) is 2.78. The van der Waals surface area contributed by atoms with Crippen LogP contribution >= 0.6 is 15.9 Å². The number of halogens is 1. The minimum atomic E-state index is 0.497. The Hall–Kier alpha value is -2.98. The predicted octanol–water partition coefficient (Wildman–Crippen LogP) is 7.50. The molecule has 3 nitrogen and oxygen atoms in total. The van der Waals surface area contributed by atoms with Crippen molar-refractivity contribution in [1.82, 2.24) is 0 Å². The molecule has 0 radical (unpaired) electrons. The Morgan fingerprint density at radius 3 is 2.52 bits per heavy atom. The summed E-state index contributed by atoms with van der Waals surface area (Å²) in [5.41, 5.74) is 4.63. The first-order valence-electron chi connectivity index (χ1n) is 10.5. The van der Waals surface area contributed by atoms with Gasteiger partial charge in [-0.15, -0.1) is 0 Å². The van der Waals surface area contributed by atoms with Gasteiger partial charge in [-0.3, -0.25) is 0 Å². The first kappa shape index (κ1) is 21.3. The quantitative estimate of drug-likeness (QED) is 0.286. The molecule has 0 saturated carbocycles. The highest BCUT2D eigenvalue weighted by molar-refractivity contribution is 9.10. The van der Waals surface area contributed by atoms with Crippen molar-refractivity contribution in [2.75, 3.05) is 11.9 Å². The normalized spacial score (nSPS) is 10.8. The zero-order valence-corrected chi connectivity index (χ0v) is 19.4. The van der Waals surface area contributed by atoms with Crippen LogP contribution in [-0.2, 0) is 13.2 Å². The minimum Gasteiger partial charge on any atom is -0.490 e. The highest BCUT2D eigenvalue weighted by atomic mass is 79.9. The third-order valence-corrected chi connectivity index (χ3v) is 5.74. The van der Waals surface area contributed by atoms with Crippen molar-refractivity contribution in [1.29, 1.82) is 0 Å². The van der Waals surface area contributed by atoms with Gasteiger partial charge >= 0.3 is 0 Å². The van der Waals surface area contributed by atoms with Crippen LogP contribution in [0.2, 0.25) is 0 Å². The Bertz CT molecular complexity index is 1180. The number of anilines is 1. The van der Waals surface area contributed by atoms with E-state index in [1.807, 2.05) is 19.1 Å². The molecule has 0 aliphatic heterocycles. The lowest BCUT2D eigenvalue weighted by molar-refractivity contribution is 0.270. The topological polar surface area (TPSA) is 30.5 Å². The van der Waals surface area contributed by atoms with Crippen LogP contribution in [0.5, 0.6) is 11.5 Å². The van der Waals surface area contributed by atoms with Crippen LogP contribution in [0.3, 0.4) is 0 Å². The number of rotatable bonds is 8. The van der Waals surface area contributed by atoms with Gasteiger partial charge in [0.15, 0.2) is 11.5 Å². The Morgan fingerprint density at radius 1 is 0.839 bits per heavy atom. The number of ether oxygens (including phenoxy) is 2. The molecule has 4 rings (SSSR count). The van der Waals surface area contributed by atoms with Gasteiger partial charge in [-0.1, -0.05) is 64.5 Å². The summed E-state index contributed by atoms with van der Waals surface area (Å²) in [5.74, 6) is 1.54. The van der Waals surface area contributed by atoms with Crippen molar-refractivity contribution in [3.63, 3.8) is 0 Å². The van der Waals surface area contributed by atoms with Crippen molar-refractivity contribution < 1.29 is 9.47 Å². The van der Waals surface area contributed by atoms with Gasteiger partial charge in [0.05, 0.1) is 6.61 Å². The summed E-state index contributed by atoms with van der Waals surface area (Å²) in [4.78, 5) is 0. The van der Waals surface area contributed by atoms with Gasteiger partial charge in [-0.05, 0) is 71.6 Å². The maximum absolute atomic E-state index is 6.18. The number of nitrogens with one attached hydrogen (secondary N) is 1. The van der Waals surface area contributed by atoms with Gasteiger partial charge in [0, 0.05) is 16.7 Å². The van der Waals surface area contributed by atoms with Gasteiger partial charge < -0.3 is 14.8 Å². The Labute approximate surface area is 192 Å². The van der Waals surface area contributed by atoms with E-state index in [1.165, 1.54) is 16.3 Å². The molecule has 4 heteroatoms. The first-order chi connectivity index (χ1) is 15.1. The van der Waals surface area contributed by atoms with E-state index in [9.17, 15) is 0 Å². The van der Waals surface area contributed by atoms with E-state index in [0.717, 1.165) is 32.8 Å². The average molecular weight is 476 g/mol. The van der Waals surface area contributed by atoms with Gasteiger partial charge in [-0.2, -0.15) is 0 Å². The standard InChI is InChI=1S/C27H26BrNO2/c1-3-30-27-16-20(17-29-25-13-12-23(28)15-19(25)2)11-14-26(27)31-18-22-9-6-8-21-7-4-5-10-24(21)22/h4-16,29H,3,17-18H2,1-2H3. The molecule has 1 N–H and O–H groups in total. The zero-order chi connectivity index (χ0) is 21.6. The number of benzene rings is 4. The predicted molar refractivity (Wildman–Crippen MR) is 132 cm³/mol. The number of hydrogen-bond acceptors (Lipinski definition) is 3. The van der Waals surface area contributed by atoms with E-state index in [0.29, 0.717) is 19.8 Å². The van der Waals surface area contributed by atoms with E-state index >= 15 is 0 Å². The second kappa shape index (κ2) is 9.88. The van der Waals surface area contributed by atoms with Gasteiger partial charge in [-0.25, -0.2) is 0 Å². The fourth-order valence-electron chi connectivity index (χ4n) is 3.65. The molecule has 0 fully saturated rings. The number of hydrogen-bond donors (Lipinski definition) is 1. The summed E-state index contributed by atoms with van der Waals surface area (Å²) in [6.07, 6.45) is 0. The summed E-state index contributed by atoms with van der Waals surface area (Å²) in [5, 5.41) is 5.94. The Kier molecular flexibility index (Phi) is 6.78. The van der Waals surface area contributed by atoms with Crippen LogP contribution in [-0.4, -0.2) is 6.61 Å². The van der Waals surface area contributed by atoms with Gasteiger partial charge in [0.25, 0.3) is 0 Å². The second-order valence-electron chi connectivity index (χ2n) is 7.45. The van der Waals surface area contributed by atoms with Crippen molar-refractivity contribution in [2.24, 2.45) is 0 Å². The van der Waals surface area contributed by atoms with Crippen molar-refractivity contribution in [2.45, 2.75) is 27.0 Å². The molecule has 0 heterocycles. The third kappa shape index (κ3) is 5.20. The van der Waals surface area contributed by atoms with Crippen LogP contribution in [0.1, 0.15) is 23.6 Å². The number of aryl methyl sites for hydroxylation is 1.